The fraction of sp³-hybridized carbons (Fsp3) is 0.143. The van der Waals surface area contributed by atoms with Crippen LogP contribution in [0.5, 0.6) is 0 Å². The maximum absolute atomic E-state index is 13.8. The Morgan fingerprint density at radius 2 is 1.90 bits per heavy atom. The number of hydrogen-bond acceptors (Lipinski definition) is 2. The zero-order valence-electron chi connectivity index (χ0n) is 10.3. The van der Waals surface area contributed by atoms with E-state index in [0.29, 0.717) is 4.47 Å². The van der Waals surface area contributed by atoms with E-state index < -0.39 is 17.7 Å². The van der Waals surface area contributed by atoms with Crippen LogP contribution < -0.4 is 11.3 Å². The first-order chi connectivity index (χ1) is 9.52. The molecule has 2 rings (SSSR count). The fourth-order valence-corrected chi connectivity index (χ4v) is 2.47. The van der Waals surface area contributed by atoms with Gasteiger partial charge < -0.3 is 0 Å². The molecule has 2 aromatic rings. The van der Waals surface area contributed by atoms with Crippen LogP contribution in [0.2, 0.25) is 0 Å². The van der Waals surface area contributed by atoms with E-state index in [-0.39, 0.29) is 17.8 Å². The summed E-state index contributed by atoms with van der Waals surface area (Å²) in [5.74, 6) is 3.18. The van der Waals surface area contributed by atoms with Crippen LogP contribution in [0.4, 0.5) is 13.2 Å². The van der Waals surface area contributed by atoms with Crippen molar-refractivity contribution in [3.8, 4) is 0 Å². The van der Waals surface area contributed by atoms with Crippen molar-refractivity contribution in [2.75, 3.05) is 0 Å². The van der Waals surface area contributed by atoms with E-state index in [1.165, 1.54) is 24.3 Å². The van der Waals surface area contributed by atoms with Crippen LogP contribution in [0, 0.1) is 17.5 Å². The van der Waals surface area contributed by atoms with Crippen molar-refractivity contribution in [3.05, 3.63) is 69.4 Å². The Hall–Kier alpha value is -1.37. The number of halogens is 4. The molecule has 2 aromatic carbocycles. The molecule has 0 bridgehead atoms. The predicted octanol–water partition coefficient (Wildman–Crippen LogP) is 3.61. The molecule has 0 spiro atoms. The quantitative estimate of drug-likeness (QED) is 0.656. The molecule has 20 heavy (non-hydrogen) atoms. The molecule has 0 aliphatic rings. The van der Waals surface area contributed by atoms with Crippen molar-refractivity contribution in [2.24, 2.45) is 5.84 Å². The summed E-state index contributed by atoms with van der Waals surface area (Å²) in [6.45, 7) is 0. The lowest BCUT2D eigenvalue weighted by atomic mass is 9.99. The highest BCUT2D eigenvalue weighted by atomic mass is 79.9. The van der Waals surface area contributed by atoms with Crippen LogP contribution in [-0.4, -0.2) is 0 Å². The molecule has 0 fully saturated rings. The Morgan fingerprint density at radius 1 is 1.15 bits per heavy atom. The smallest absolute Gasteiger partial charge is 0.163 e. The number of benzene rings is 2. The highest BCUT2D eigenvalue weighted by Crippen LogP contribution is 2.26. The van der Waals surface area contributed by atoms with E-state index in [0.717, 1.165) is 11.6 Å². The second kappa shape index (κ2) is 6.39. The highest BCUT2D eigenvalue weighted by Gasteiger charge is 2.18. The van der Waals surface area contributed by atoms with Crippen LogP contribution in [0.25, 0.3) is 0 Å². The first kappa shape index (κ1) is 15.0. The van der Waals surface area contributed by atoms with Crippen LogP contribution in [0.15, 0.2) is 40.9 Å². The van der Waals surface area contributed by atoms with Crippen LogP contribution in [0.3, 0.4) is 0 Å². The van der Waals surface area contributed by atoms with Gasteiger partial charge in [0.2, 0.25) is 0 Å². The topological polar surface area (TPSA) is 38.0 Å². The molecule has 0 saturated carbocycles. The van der Waals surface area contributed by atoms with Gasteiger partial charge in [-0.3, -0.25) is 11.3 Å². The first-order valence-corrected chi connectivity index (χ1v) is 6.66. The number of rotatable bonds is 4. The van der Waals surface area contributed by atoms with Gasteiger partial charge in [0, 0.05) is 10.0 Å². The summed E-state index contributed by atoms with van der Waals surface area (Å²) in [6, 6.07) is 7.48. The van der Waals surface area contributed by atoms with E-state index in [1.807, 2.05) is 0 Å². The molecule has 1 unspecified atom stereocenters. The predicted molar refractivity (Wildman–Crippen MR) is 74.2 cm³/mol. The van der Waals surface area contributed by atoms with Crippen LogP contribution in [-0.2, 0) is 6.42 Å². The zero-order valence-corrected chi connectivity index (χ0v) is 11.9. The summed E-state index contributed by atoms with van der Waals surface area (Å²) < 4.78 is 40.6. The summed E-state index contributed by atoms with van der Waals surface area (Å²) in [7, 11) is 0. The highest BCUT2D eigenvalue weighted by molar-refractivity contribution is 9.10. The van der Waals surface area contributed by atoms with E-state index in [1.54, 1.807) is 6.07 Å². The maximum atomic E-state index is 13.8. The minimum atomic E-state index is -0.936. The lowest BCUT2D eigenvalue weighted by Crippen LogP contribution is -2.30. The Balaban J connectivity index is 2.31. The summed E-state index contributed by atoms with van der Waals surface area (Å²) >= 11 is 3.23. The number of nitrogens with one attached hydrogen (secondary N) is 1. The summed E-state index contributed by atoms with van der Waals surface area (Å²) in [5.41, 5.74) is 3.32. The minimum Gasteiger partial charge on any atom is -0.271 e. The maximum Gasteiger partial charge on any atom is 0.163 e. The van der Waals surface area contributed by atoms with Gasteiger partial charge >= 0.3 is 0 Å². The molecular formula is C14H12BrF3N2. The lowest BCUT2D eigenvalue weighted by Gasteiger charge is -2.18. The standard InChI is InChI=1S/C14H12BrF3N2/c15-11-7-9(16)5-4-8(11)6-13(20-19)10-2-1-3-12(17)14(10)18/h1-5,7,13,20H,6,19H2. The molecule has 0 aliphatic heterocycles. The van der Waals surface area contributed by atoms with Crippen molar-refractivity contribution in [1.29, 1.82) is 0 Å². The lowest BCUT2D eigenvalue weighted by molar-refractivity contribution is 0.464. The van der Waals surface area contributed by atoms with Crippen molar-refractivity contribution in [3.63, 3.8) is 0 Å². The van der Waals surface area contributed by atoms with Gasteiger partial charge in [0.15, 0.2) is 11.6 Å². The van der Waals surface area contributed by atoms with Crippen molar-refractivity contribution >= 4 is 15.9 Å². The molecule has 0 aromatic heterocycles. The first-order valence-electron chi connectivity index (χ1n) is 5.87. The van der Waals surface area contributed by atoms with Crippen LogP contribution >= 0.6 is 15.9 Å². The average molecular weight is 345 g/mol. The Kier molecular flexibility index (Phi) is 4.80. The molecule has 0 radical (unpaired) electrons. The van der Waals surface area contributed by atoms with Gasteiger partial charge in [-0.25, -0.2) is 13.2 Å². The zero-order chi connectivity index (χ0) is 14.7. The van der Waals surface area contributed by atoms with E-state index in [4.69, 9.17) is 5.84 Å². The van der Waals surface area contributed by atoms with Gasteiger partial charge in [-0.2, -0.15) is 0 Å². The van der Waals surface area contributed by atoms with E-state index in [9.17, 15) is 13.2 Å². The SMILES string of the molecule is NNC(Cc1ccc(F)cc1Br)c1cccc(F)c1F. The minimum absolute atomic E-state index is 0.128. The third kappa shape index (κ3) is 3.20. The molecule has 0 amide bonds. The largest absolute Gasteiger partial charge is 0.271 e. The van der Waals surface area contributed by atoms with Crippen molar-refractivity contribution in [2.45, 2.75) is 12.5 Å². The molecule has 1 atom stereocenters. The Labute approximate surface area is 122 Å². The van der Waals surface area contributed by atoms with Gasteiger partial charge in [0.25, 0.3) is 0 Å². The second-order valence-corrected chi connectivity index (χ2v) is 5.16. The number of nitrogens with two attached hydrogens (primary N) is 1. The van der Waals surface area contributed by atoms with E-state index in [2.05, 4.69) is 21.4 Å². The second-order valence-electron chi connectivity index (χ2n) is 4.30. The summed E-state index contributed by atoms with van der Waals surface area (Å²) in [4.78, 5) is 0. The molecule has 0 saturated heterocycles. The number of hydrogen-bond donors (Lipinski definition) is 2. The Morgan fingerprint density at radius 3 is 2.55 bits per heavy atom. The van der Waals surface area contributed by atoms with Gasteiger partial charge in [-0.1, -0.05) is 34.1 Å². The van der Waals surface area contributed by atoms with E-state index >= 15 is 0 Å². The Bertz CT molecular complexity index is 619. The third-order valence-electron chi connectivity index (χ3n) is 3.00. The summed E-state index contributed by atoms with van der Waals surface area (Å²) in [5, 5.41) is 0. The molecule has 0 heterocycles. The number of hydrazine groups is 1. The van der Waals surface area contributed by atoms with Crippen molar-refractivity contribution < 1.29 is 13.2 Å². The molecule has 0 aliphatic carbocycles. The van der Waals surface area contributed by atoms with Gasteiger partial charge in [-0.05, 0) is 30.2 Å². The van der Waals surface area contributed by atoms with Gasteiger partial charge in [0.1, 0.15) is 5.82 Å². The normalized spacial score (nSPS) is 12.4. The average Bonchev–Trinajstić information content (AvgIpc) is 2.42. The van der Waals surface area contributed by atoms with Gasteiger partial charge in [0.05, 0.1) is 6.04 Å². The molecule has 2 nitrogen and oxygen atoms in total. The molecule has 6 heteroatoms. The van der Waals surface area contributed by atoms with Crippen molar-refractivity contribution in [1.82, 2.24) is 5.43 Å². The fourth-order valence-electron chi connectivity index (χ4n) is 1.96. The molecule has 106 valence electrons. The summed E-state index contributed by atoms with van der Waals surface area (Å²) in [6.07, 6.45) is 0.289. The van der Waals surface area contributed by atoms with Crippen LogP contribution in [0.1, 0.15) is 17.2 Å². The third-order valence-corrected chi connectivity index (χ3v) is 3.74. The molecular weight excluding hydrogens is 333 g/mol. The van der Waals surface area contributed by atoms with Gasteiger partial charge in [-0.15, -0.1) is 0 Å². The molecule has 3 N–H and O–H groups in total. The monoisotopic (exact) mass is 344 g/mol.